The van der Waals surface area contributed by atoms with Crippen molar-refractivity contribution in [2.45, 2.75) is 44.4 Å². The van der Waals surface area contributed by atoms with E-state index < -0.39 is 11.7 Å². The van der Waals surface area contributed by atoms with E-state index in [-0.39, 0.29) is 12.1 Å². The van der Waals surface area contributed by atoms with Crippen LogP contribution < -0.4 is 15.1 Å². The fraction of sp³-hybridized carbons (Fsp3) is 0.586. The number of morpholine rings is 1. The molecule has 218 valence electrons. The predicted octanol–water partition coefficient (Wildman–Crippen LogP) is 4.54. The van der Waals surface area contributed by atoms with Gasteiger partial charge in [-0.25, -0.2) is 9.78 Å². The number of piperidine rings is 1. The number of alkyl halides is 3. The van der Waals surface area contributed by atoms with Crippen LogP contribution in [-0.4, -0.2) is 81.1 Å². The summed E-state index contributed by atoms with van der Waals surface area (Å²) in [5.41, 5.74) is 1.02. The van der Waals surface area contributed by atoms with Gasteiger partial charge in [-0.15, -0.1) is 0 Å². The molecular weight excluding hydrogens is 523 g/mol. The van der Waals surface area contributed by atoms with Crippen molar-refractivity contribution in [3.05, 3.63) is 53.7 Å². The van der Waals surface area contributed by atoms with E-state index in [1.54, 1.807) is 18.3 Å². The van der Waals surface area contributed by atoms with Crippen molar-refractivity contribution in [2.24, 2.45) is 5.92 Å². The lowest BCUT2D eigenvalue weighted by atomic mass is 9.95. The molecular formula is C29H38F3N5O3. The minimum Gasteiger partial charge on any atom is -0.381 e. The van der Waals surface area contributed by atoms with E-state index in [0.29, 0.717) is 45.4 Å². The number of urea groups is 1. The number of ether oxygens (including phenoxy) is 2. The summed E-state index contributed by atoms with van der Waals surface area (Å²) in [4.78, 5) is 24.5. The average Bonchev–Trinajstić information content (AvgIpc) is 2.98. The molecule has 0 radical (unpaired) electrons. The number of nitrogens with one attached hydrogen (secondary N) is 1. The second-order valence-electron chi connectivity index (χ2n) is 10.8. The molecule has 5 rings (SSSR count). The maximum Gasteiger partial charge on any atom is 0.416 e. The van der Waals surface area contributed by atoms with E-state index in [1.165, 1.54) is 0 Å². The van der Waals surface area contributed by atoms with Crippen LogP contribution in [0.15, 0.2) is 42.6 Å². The molecule has 4 heterocycles. The van der Waals surface area contributed by atoms with Gasteiger partial charge in [-0.3, -0.25) is 9.80 Å². The van der Waals surface area contributed by atoms with Gasteiger partial charge >= 0.3 is 12.2 Å². The first-order valence-electron chi connectivity index (χ1n) is 14.2. The zero-order valence-electron chi connectivity index (χ0n) is 22.7. The van der Waals surface area contributed by atoms with E-state index in [9.17, 15) is 18.0 Å². The number of nitrogens with zero attached hydrogens (tertiary/aromatic N) is 4. The first-order chi connectivity index (χ1) is 19.3. The molecule has 40 heavy (non-hydrogen) atoms. The monoisotopic (exact) mass is 561 g/mol. The van der Waals surface area contributed by atoms with Crippen LogP contribution in [0.25, 0.3) is 0 Å². The highest BCUT2D eigenvalue weighted by atomic mass is 19.4. The Morgan fingerprint density at radius 3 is 2.23 bits per heavy atom. The maximum absolute atomic E-state index is 13.5. The van der Waals surface area contributed by atoms with Crippen molar-refractivity contribution in [1.82, 2.24) is 15.2 Å². The molecule has 1 aromatic carbocycles. The number of hydrogen-bond acceptors (Lipinski definition) is 6. The number of anilines is 2. The Kier molecular flexibility index (Phi) is 9.44. The first kappa shape index (κ1) is 28.6. The molecule has 1 aromatic heterocycles. The van der Waals surface area contributed by atoms with Crippen LogP contribution in [0.1, 0.15) is 36.8 Å². The Labute approximate surface area is 233 Å². The predicted molar refractivity (Wildman–Crippen MR) is 146 cm³/mol. The van der Waals surface area contributed by atoms with Gasteiger partial charge in [-0.05, 0) is 74.5 Å². The average molecular weight is 562 g/mol. The molecule has 3 fully saturated rings. The minimum atomic E-state index is -4.32. The molecule has 3 aliphatic rings. The van der Waals surface area contributed by atoms with Crippen molar-refractivity contribution >= 4 is 17.5 Å². The quantitative estimate of drug-likeness (QED) is 0.535. The minimum absolute atomic E-state index is 0.0925. The van der Waals surface area contributed by atoms with E-state index in [2.05, 4.69) is 20.1 Å². The highest BCUT2D eigenvalue weighted by Crippen LogP contribution is 2.30. The second kappa shape index (κ2) is 13.2. The van der Waals surface area contributed by atoms with Gasteiger partial charge in [0, 0.05) is 45.4 Å². The van der Waals surface area contributed by atoms with Crippen molar-refractivity contribution in [2.75, 3.05) is 69.0 Å². The van der Waals surface area contributed by atoms with Gasteiger partial charge in [0.25, 0.3) is 0 Å². The Morgan fingerprint density at radius 1 is 0.925 bits per heavy atom. The Bertz CT molecular complexity index is 1080. The van der Waals surface area contributed by atoms with Crippen LogP contribution >= 0.6 is 0 Å². The largest absolute Gasteiger partial charge is 0.416 e. The summed E-state index contributed by atoms with van der Waals surface area (Å²) in [6.45, 7) is 7.12. The summed E-state index contributed by atoms with van der Waals surface area (Å²) in [6, 6.07) is 9.35. The number of carbonyl (C=O) groups excluding carboxylic acids is 1. The zero-order chi connectivity index (χ0) is 28.0. The molecule has 2 amide bonds. The number of amides is 2. The van der Waals surface area contributed by atoms with Crippen LogP contribution in [0.3, 0.4) is 0 Å². The number of halogens is 3. The number of benzene rings is 1. The van der Waals surface area contributed by atoms with E-state index in [0.717, 1.165) is 81.1 Å². The van der Waals surface area contributed by atoms with Gasteiger partial charge in [-0.1, -0.05) is 12.1 Å². The van der Waals surface area contributed by atoms with Crippen LogP contribution in [0.4, 0.5) is 29.5 Å². The molecule has 0 bridgehead atoms. The molecule has 1 N–H and O–H groups in total. The highest BCUT2D eigenvalue weighted by Gasteiger charge is 2.30. The molecule has 0 saturated carbocycles. The van der Waals surface area contributed by atoms with E-state index in [1.807, 2.05) is 17.0 Å². The first-order valence-corrected chi connectivity index (χ1v) is 14.2. The van der Waals surface area contributed by atoms with Crippen LogP contribution in [0.5, 0.6) is 0 Å². The topological polar surface area (TPSA) is 70.2 Å². The molecule has 11 heteroatoms. The van der Waals surface area contributed by atoms with Gasteiger partial charge < -0.3 is 19.7 Å². The second-order valence-corrected chi connectivity index (χ2v) is 10.8. The number of likely N-dealkylation sites (tertiary alicyclic amines) is 1. The lowest BCUT2D eigenvalue weighted by Crippen LogP contribution is -2.49. The third-order valence-electron chi connectivity index (χ3n) is 8.01. The maximum atomic E-state index is 13.5. The van der Waals surface area contributed by atoms with Crippen LogP contribution in [0, 0.1) is 5.92 Å². The molecule has 0 spiro atoms. The summed E-state index contributed by atoms with van der Waals surface area (Å²) < 4.78 is 49.5. The normalized spacial score (nSPS) is 19.9. The molecule has 3 saturated heterocycles. The highest BCUT2D eigenvalue weighted by molar-refractivity contribution is 5.92. The van der Waals surface area contributed by atoms with Crippen molar-refractivity contribution in [1.29, 1.82) is 0 Å². The van der Waals surface area contributed by atoms with Crippen molar-refractivity contribution < 1.29 is 27.4 Å². The Balaban J connectivity index is 1.20. The Morgan fingerprint density at radius 2 is 1.60 bits per heavy atom. The summed E-state index contributed by atoms with van der Waals surface area (Å²) in [5.74, 6) is 1.19. The number of hydrogen-bond donors (Lipinski definition) is 1. The standard InChI is InChI=1S/C29H38F3N5O3/c30-29(31,32)24-3-1-22(2-4-24)20-35-11-7-23(8-12-35)21-37(28(38)34-25-9-15-39-16-10-25)26-5-6-27(33-19-26)36-13-17-40-18-14-36/h1-6,19,23,25H,7-18,20-21H2,(H,34,38). The van der Waals surface area contributed by atoms with Gasteiger partial charge in [0.05, 0.1) is 30.7 Å². The Hall–Kier alpha value is -2.89. The summed E-state index contributed by atoms with van der Waals surface area (Å²) in [7, 11) is 0. The summed E-state index contributed by atoms with van der Waals surface area (Å²) in [6.07, 6.45) is 0.875. The number of pyridine rings is 1. The SMILES string of the molecule is O=C(NC1CCOCC1)N(CC1CCN(Cc2ccc(C(F)(F)F)cc2)CC1)c1ccc(N2CCOCC2)nc1. The van der Waals surface area contributed by atoms with Crippen molar-refractivity contribution in [3.63, 3.8) is 0 Å². The number of carbonyl (C=O) groups is 1. The van der Waals surface area contributed by atoms with Crippen LogP contribution in [-0.2, 0) is 22.2 Å². The third kappa shape index (κ3) is 7.64. The third-order valence-corrected chi connectivity index (χ3v) is 8.01. The van der Waals surface area contributed by atoms with Gasteiger partial charge in [0.2, 0.25) is 0 Å². The molecule has 3 aliphatic heterocycles. The molecule has 0 atom stereocenters. The lowest BCUT2D eigenvalue weighted by molar-refractivity contribution is -0.137. The molecule has 8 nitrogen and oxygen atoms in total. The van der Waals surface area contributed by atoms with Crippen molar-refractivity contribution in [3.8, 4) is 0 Å². The molecule has 0 aliphatic carbocycles. The fourth-order valence-corrected chi connectivity index (χ4v) is 5.56. The van der Waals surface area contributed by atoms with Crippen LogP contribution in [0.2, 0.25) is 0 Å². The molecule has 0 unspecified atom stereocenters. The van der Waals surface area contributed by atoms with E-state index in [4.69, 9.17) is 9.47 Å². The van der Waals surface area contributed by atoms with Gasteiger partial charge in [-0.2, -0.15) is 13.2 Å². The summed E-state index contributed by atoms with van der Waals surface area (Å²) >= 11 is 0. The van der Waals surface area contributed by atoms with Gasteiger partial charge in [0.1, 0.15) is 5.82 Å². The van der Waals surface area contributed by atoms with E-state index >= 15 is 0 Å². The molecule has 2 aromatic rings. The summed E-state index contributed by atoms with van der Waals surface area (Å²) in [5, 5.41) is 3.20. The zero-order valence-corrected chi connectivity index (χ0v) is 22.7. The van der Waals surface area contributed by atoms with Gasteiger partial charge in [0.15, 0.2) is 0 Å². The smallest absolute Gasteiger partial charge is 0.381 e. The fourth-order valence-electron chi connectivity index (χ4n) is 5.56. The lowest BCUT2D eigenvalue weighted by Gasteiger charge is -2.36. The number of aromatic nitrogens is 1. The number of rotatable bonds is 7.